The highest BCUT2D eigenvalue weighted by molar-refractivity contribution is 5.30. The van der Waals surface area contributed by atoms with Crippen molar-refractivity contribution in [2.45, 2.75) is 39.5 Å². The molecule has 0 saturated heterocycles. The van der Waals surface area contributed by atoms with Crippen LogP contribution in [0.1, 0.15) is 30.5 Å². The molecule has 3 N–H and O–H groups in total. The third-order valence-electron chi connectivity index (χ3n) is 2.74. The van der Waals surface area contributed by atoms with Crippen LogP contribution in [-0.4, -0.2) is 29.2 Å². The van der Waals surface area contributed by atoms with Crippen molar-refractivity contribution < 1.29 is 5.11 Å². The molecular formula is C14H24N2O. The third kappa shape index (κ3) is 4.86. The highest BCUT2D eigenvalue weighted by atomic mass is 16.3. The van der Waals surface area contributed by atoms with Gasteiger partial charge in [-0.15, -0.1) is 0 Å². The molecule has 0 heterocycles. The molecule has 0 bridgehead atoms. The van der Waals surface area contributed by atoms with Crippen LogP contribution in [0, 0.1) is 6.92 Å². The van der Waals surface area contributed by atoms with Crippen LogP contribution in [0.25, 0.3) is 0 Å². The maximum atomic E-state index is 9.76. The molecule has 3 heteroatoms. The Labute approximate surface area is 104 Å². The second kappa shape index (κ2) is 5.63. The first-order valence-corrected chi connectivity index (χ1v) is 6.01. The Morgan fingerprint density at radius 2 is 2.00 bits per heavy atom. The van der Waals surface area contributed by atoms with Gasteiger partial charge in [-0.3, -0.25) is 4.90 Å². The summed E-state index contributed by atoms with van der Waals surface area (Å²) in [6.07, 6.45) is 0. The lowest BCUT2D eigenvalue weighted by atomic mass is 10.0. The third-order valence-corrected chi connectivity index (χ3v) is 2.74. The first kappa shape index (κ1) is 14.2. The molecule has 0 aromatic heterocycles. The Morgan fingerprint density at radius 3 is 2.47 bits per heavy atom. The van der Waals surface area contributed by atoms with E-state index in [1.165, 1.54) is 11.1 Å². The van der Waals surface area contributed by atoms with E-state index in [0.29, 0.717) is 13.1 Å². The molecule has 1 rings (SSSR count). The molecule has 0 unspecified atom stereocenters. The molecule has 3 nitrogen and oxygen atoms in total. The number of hydrogen-bond donors (Lipinski definition) is 2. The summed E-state index contributed by atoms with van der Waals surface area (Å²) in [5.74, 6) is 0. The SMILES string of the molecule is Cc1cc(CN)ccc1CN(C)CC(C)(C)O. The number of likely N-dealkylation sites (N-methyl/N-ethyl adjacent to an activating group) is 1. The topological polar surface area (TPSA) is 49.5 Å². The van der Waals surface area contributed by atoms with Gasteiger partial charge in [-0.1, -0.05) is 18.2 Å². The van der Waals surface area contributed by atoms with E-state index in [9.17, 15) is 5.11 Å². The van der Waals surface area contributed by atoms with Crippen molar-refractivity contribution in [3.8, 4) is 0 Å². The minimum Gasteiger partial charge on any atom is -0.389 e. The number of aliphatic hydroxyl groups is 1. The van der Waals surface area contributed by atoms with Crippen LogP contribution in [0.2, 0.25) is 0 Å². The molecule has 96 valence electrons. The van der Waals surface area contributed by atoms with E-state index >= 15 is 0 Å². The van der Waals surface area contributed by atoms with E-state index in [-0.39, 0.29) is 0 Å². The van der Waals surface area contributed by atoms with Crippen molar-refractivity contribution in [1.82, 2.24) is 4.90 Å². The maximum absolute atomic E-state index is 9.76. The van der Waals surface area contributed by atoms with Gasteiger partial charge in [-0.25, -0.2) is 0 Å². The lowest BCUT2D eigenvalue weighted by Crippen LogP contribution is -2.35. The quantitative estimate of drug-likeness (QED) is 0.817. The van der Waals surface area contributed by atoms with Crippen LogP contribution >= 0.6 is 0 Å². The zero-order valence-corrected chi connectivity index (χ0v) is 11.3. The fourth-order valence-electron chi connectivity index (χ4n) is 2.07. The predicted octanol–water partition coefficient (Wildman–Crippen LogP) is 1.66. The Balaban J connectivity index is 2.68. The Hall–Kier alpha value is -0.900. The zero-order chi connectivity index (χ0) is 13.1. The highest BCUT2D eigenvalue weighted by Gasteiger charge is 2.15. The molecule has 1 aromatic rings. The molecule has 0 aliphatic rings. The van der Waals surface area contributed by atoms with Gasteiger partial charge in [0.25, 0.3) is 0 Å². The lowest BCUT2D eigenvalue weighted by Gasteiger charge is -2.26. The minimum absolute atomic E-state index is 0.584. The molecule has 0 saturated carbocycles. The van der Waals surface area contributed by atoms with Gasteiger partial charge in [0.1, 0.15) is 0 Å². The number of rotatable bonds is 5. The molecule has 0 radical (unpaired) electrons. The van der Waals surface area contributed by atoms with E-state index in [4.69, 9.17) is 5.73 Å². The molecule has 0 amide bonds. The fraction of sp³-hybridized carbons (Fsp3) is 0.571. The fourth-order valence-corrected chi connectivity index (χ4v) is 2.07. The van der Waals surface area contributed by atoms with Crippen molar-refractivity contribution in [3.63, 3.8) is 0 Å². The molecule has 0 aliphatic carbocycles. The molecule has 0 atom stereocenters. The Morgan fingerprint density at radius 1 is 1.35 bits per heavy atom. The van der Waals surface area contributed by atoms with E-state index in [1.807, 2.05) is 20.9 Å². The van der Waals surface area contributed by atoms with E-state index in [1.54, 1.807) is 0 Å². The Bertz CT molecular complexity index is 369. The van der Waals surface area contributed by atoms with Crippen molar-refractivity contribution in [1.29, 1.82) is 0 Å². The molecule has 1 aromatic carbocycles. The summed E-state index contributed by atoms with van der Waals surface area (Å²) in [7, 11) is 2.02. The molecule has 0 spiro atoms. The van der Waals surface area contributed by atoms with Crippen LogP contribution in [0.15, 0.2) is 18.2 Å². The van der Waals surface area contributed by atoms with Gasteiger partial charge in [-0.2, -0.15) is 0 Å². The van der Waals surface area contributed by atoms with Crippen LogP contribution in [-0.2, 0) is 13.1 Å². The second-order valence-corrected chi connectivity index (χ2v) is 5.45. The normalized spacial score (nSPS) is 12.2. The Kier molecular flexibility index (Phi) is 4.69. The first-order valence-electron chi connectivity index (χ1n) is 6.01. The first-order chi connectivity index (χ1) is 7.81. The summed E-state index contributed by atoms with van der Waals surface area (Å²) in [5, 5.41) is 9.76. The molecular weight excluding hydrogens is 212 g/mol. The summed E-state index contributed by atoms with van der Waals surface area (Å²) in [6.45, 7) is 7.85. The predicted molar refractivity (Wildman–Crippen MR) is 71.7 cm³/mol. The standard InChI is InChI=1S/C14H24N2O/c1-11-7-12(8-15)5-6-13(11)9-16(4)10-14(2,3)17/h5-7,17H,8-10,15H2,1-4H3. The zero-order valence-electron chi connectivity index (χ0n) is 11.3. The molecule has 0 aliphatic heterocycles. The van der Waals surface area contributed by atoms with E-state index in [2.05, 4.69) is 30.0 Å². The van der Waals surface area contributed by atoms with Crippen molar-refractivity contribution in [3.05, 3.63) is 34.9 Å². The maximum Gasteiger partial charge on any atom is 0.0718 e. The van der Waals surface area contributed by atoms with Crippen LogP contribution in [0.5, 0.6) is 0 Å². The van der Waals surface area contributed by atoms with Crippen LogP contribution < -0.4 is 5.73 Å². The van der Waals surface area contributed by atoms with Gasteiger partial charge in [0.15, 0.2) is 0 Å². The lowest BCUT2D eigenvalue weighted by molar-refractivity contribution is 0.0424. The number of benzene rings is 1. The van der Waals surface area contributed by atoms with Crippen LogP contribution in [0.4, 0.5) is 0 Å². The van der Waals surface area contributed by atoms with Gasteiger partial charge < -0.3 is 10.8 Å². The van der Waals surface area contributed by atoms with Gasteiger partial charge in [0.05, 0.1) is 5.60 Å². The summed E-state index contributed by atoms with van der Waals surface area (Å²) in [4.78, 5) is 2.13. The smallest absolute Gasteiger partial charge is 0.0718 e. The largest absolute Gasteiger partial charge is 0.389 e. The van der Waals surface area contributed by atoms with Crippen molar-refractivity contribution >= 4 is 0 Å². The molecule has 0 fully saturated rings. The number of nitrogens with zero attached hydrogens (tertiary/aromatic N) is 1. The van der Waals surface area contributed by atoms with Gasteiger partial charge in [-0.05, 0) is 44.5 Å². The van der Waals surface area contributed by atoms with Crippen molar-refractivity contribution in [2.24, 2.45) is 5.73 Å². The van der Waals surface area contributed by atoms with Crippen LogP contribution in [0.3, 0.4) is 0 Å². The minimum atomic E-state index is -0.653. The summed E-state index contributed by atoms with van der Waals surface area (Å²) >= 11 is 0. The van der Waals surface area contributed by atoms with Gasteiger partial charge in [0, 0.05) is 19.6 Å². The monoisotopic (exact) mass is 236 g/mol. The highest BCUT2D eigenvalue weighted by Crippen LogP contribution is 2.14. The molecule has 17 heavy (non-hydrogen) atoms. The summed E-state index contributed by atoms with van der Waals surface area (Å²) < 4.78 is 0. The van der Waals surface area contributed by atoms with E-state index in [0.717, 1.165) is 12.1 Å². The average molecular weight is 236 g/mol. The van der Waals surface area contributed by atoms with Crippen molar-refractivity contribution in [2.75, 3.05) is 13.6 Å². The number of hydrogen-bond acceptors (Lipinski definition) is 3. The summed E-state index contributed by atoms with van der Waals surface area (Å²) in [6, 6.07) is 6.33. The van der Waals surface area contributed by atoms with E-state index < -0.39 is 5.60 Å². The number of nitrogens with two attached hydrogens (primary N) is 1. The average Bonchev–Trinajstić information content (AvgIpc) is 2.18. The number of aryl methyl sites for hydroxylation is 1. The second-order valence-electron chi connectivity index (χ2n) is 5.45. The van der Waals surface area contributed by atoms with Gasteiger partial charge in [0.2, 0.25) is 0 Å². The summed E-state index contributed by atoms with van der Waals surface area (Å²) in [5.41, 5.74) is 8.67. The van der Waals surface area contributed by atoms with Gasteiger partial charge >= 0.3 is 0 Å².